The first-order valence-corrected chi connectivity index (χ1v) is 7.03. The van der Waals surface area contributed by atoms with Crippen molar-refractivity contribution in [1.29, 1.82) is 0 Å². The van der Waals surface area contributed by atoms with Crippen LogP contribution in [0.25, 0.3) is 0 Å². The lowest BCUT2D eigenvalue weighted by atomic mass is 9.99. The van der Waals surface area contributed by atoms with Crippen LogP contribution in [0.3, 0.4) is 0 Å². The molecule has 3 aliphatic heterocycles. The van der Waals surface area contributed by atoms with Gasteiger partial charge in [0.05, 0.1) is 5.92 Å². The third kappa shape index (κ3) is 2.08. The van der Waals surface area contributed by atoms with E-state index in [9.17, 15) is 4.79 Å². The van der Waals surface area contributed by atoms with Crippen LogP contribution in [0.1, 0.15) is 32.6 Å². The second-order valence-corrected chi connectivity index (χ2v) is 5.79. The number of nitrogens with zero attached hydrogens (tertiary/aromatic N) is 1. The van der Waals surface area contributed by atoms with Crippen molar-refractivity contribution < 1.29 is 4.79 Å². The van der Waals surface area contributed by atoms with Crippen LogP contribution in [0.5, 0.6) is 0 Å². The fraction of sp³-hybridized carbons (Fsp3) is 0.923. The lowest BCUT2D eigenvalue weighted by Gasteiger charge is -2.23. The number of amides is 1. The monoisotopic (exact) mass is 237 g/mol. The van der Waals surface area contributed by atoms with Crippen LogP contribution in [0.2, 0.25) is 0 Å². The number of nitrogens with one attached hydrogen (secondary N) is 2. The summed E-state index contributed by atoms with van der Waals surface area (Å²) in [5.74, 6) is 0.465. The highest BCUT2D eigenvalue weighted by Gasteiger charge is 2.39. The molecule has 4 nitrogen and oxygen atoms in total. The summed E-state index contributed by atoms with van der Waals surface area (Å²) in [7, 11) is 0. The average Bonchev–Trinajstić information content (AvgIpc) is 2.96. The molecular weight excluding hydrogens is 214 g/mol. The molecule has 17 heavy (non-hydrogen) atoms. The van der Waals surface area contributed by atoms with Crippen molar-refractivity contribution in [1.82, 2.24) is 15.5 Å². The maximum atomic E-state index is 12.2. The van der Waals surface area contributed by atoms with Crippen LogP contribution in [0.15, 0.2) is 0 Å². The number of hydrogen-bond donors (Lipinski definition) is 2. The smallest absolute Gasteiger partial charge is 0.224 e. The number of carbonyl (C=O) groups excluding carboxylic acids is 1. The fourth-order valence-corrected chi connectivity index (χ4v) is 3.76. The van der Waals surface area contributed by atoms with E-state index >= 15 is 0 Å². The Morgan fingerprint density at radius 3 is 2.94 bits per heavy atom. The minimum absolute atomic E-state index is 0.186. The topological polar surface area (TPSA) is 44.4 Å². The van der Waals surface area contributed by atoms with Crippen molar-refractivity contribution in [2.45, 2.75) is 50.7 Å². The van der Waals surface area contributed by atoms with Gasteiger partial charge in [0, 0.05) is 24.7 Å². The molecule has 0 aliphatic carbocycles. The van der Waals surface area contributed by atoms with Gasteiger partial charge in [-0.25, -0.2) is 0 Å². The number of fused-ring (bicyclic) bond motifs is 1. The highest BCUT2D eigenvalue weighted by Crippen LogP contribution is 2.28. The maximum absolute atomic E-state index is 12.2. The van der Waals surface area contributed by atoms with Gasteiger partial charge in [-0.3, -0.25) is 9.69 Å². The summed E-state index contributed by atoms with van der Waals surface area (Å²) in [6, 6.07) is 1.39. The van der Waals surface area contributed by atoms with E-state index in [-0.39, 0.29) is 11.8 Å². The Bertz CT molecular complexity index is 307. The van der Waals surface area contributed by atoms with Crippen molar-refractivity contribution in [2.24, 2.45) is 5.92 Å². The van der Waals surface area contributed by atoms with Crippen molar-refractivity contribution in [3.05, 3.63) is 0 Å². The molecule has 0 aromatic carbocycles. The molecule has 3 aliphatic rings. The Kier molecular flexibility index (Phi) is 3.09. The third-order valence-corrected chi connectivity index (χ3v) is 4.80. The zero-order chi connectivity index (χ0) is 11.8. The van der Waals surface area contributed by atoms with Gasteiger partial charge >= 0.3 is 0 Å². The number of rotatable bonds is 2. The van der Waals surface area contributed by atoms with E-state index in [2.05, 4.69) is 22.5 Å². The van der Waals surface area contributed by atoms with E-state index in [1.807, 2.05) is 0 Å². The van der Waals surface area contributed by atoms with E-state index in [1.165, 1.54) is 25.9 Å². The molecule has 1 amide bonds. The summed E-state index contributed by atoms with van der Waals surface area (Å²) < 4.78 is 0. The molecule has 0 bridgehead atoms. The first-order chi connectivity index (χ1) is 8.25. The summed E-state index contributed by atoms with van der Waals surface area (Å²) in [4.78, 5) is 14.8. The van der Waals surface area contributed by atoms with Crippen LogP contribution in [-0.4, -0.2) is 48.6 Å². The highest BCUT2D eigenvalue weighted by molar-refractivity contribution is 5.80. The molecule has 0 saturated carbocycles. The van der Waals surface area contributed by atoms with Crippen LogP contribution >= 0.6 is 0 Å². The summed E-state index contributed by atoms with van der Waals surface area (Å²) in [5.41, 5.74) is 0. The van der Waals surface area contributed by atoms with Gasteiger partial charge < -0.3 is 10.6 Å². The number of hydrogen-bond acceptors (Lipinski definition) is 3. The first kappa shape index (κ1) is 11.5. The minimum Gasteiger partial charge on any atom is -0.351 e. The van der Waals surface area contributed by atoms with E-state index in [0.29, 0.717) is 18.1 Å². The summed E-state index contributed by atoms with van der Waals surface area (Å²) >= 11 is 0. The van der Waals surface area contributed by atoms with Crippen LogP contribution < -0.4 is 10.6 Å². The van der Waals surface area contributed by atoms with Crippen molar-refractivity contribution >= 4 is 5.91 Å². The molecule has 4 heteroatoms. The summed E-state index contributed by atoms with van der Waals surface area (Å²) in [6.07, 6.45) is 4.71. The van der Waals surface area contributed by atoms with Gasteiger partial charge in [0.1, 0.15) is 0 Å². The SMILES string of the molecule is CC1NCCC1C(=O)NC1CCN2CCCC12. The van der Waals surface area contributed by atoms with Gasteiger partial charge in [-0.15, -0.1) is 0 Å². The molecular formula is C13H23N3O. The van der Waals surface area contributed by atoms with Crippen molar-refractivity contribution in [2.75, 3.05) is 19.6 Å². The van der Waals surface area contributed by atoms with Crippen LogP contribution in [0.4, 0.5) is 0 Å². The van der Waals surface area contributed by atoms with Gasteiger partial charge in [0.2, 0.25) is 5.91 Å². The molecule has 3 heterocycles. The Hall–Kier alpha value is -0.610. The Morgan fingerprint density at radius 2 is 2.18 bits per heavy atom. The van der Waals surface area contributed by atoms with Crippen molar-refractivity contribution in [3.8, 4) is 0 Å². The molecule has 0 radical (unpaired) electrons. The maximum Gasteiger partial charge on any atom is 0.224 e. The van der Waals surface area contributed by atoms with E-state index in [0.717, 1.165) is 19.4 Å². The Morgan fingerprint density at radius 1 is 1.29 bits per heavy atom. The quantitative estimate of drug-likeness (QED) is 0.728. The lowest BCUT2D eigenvalue weighted by molar-refractivity contribution is -0.126. The molecule has 0 spiro atoms. The molecule has 3 saturated heterocycles. The van der Waals surface area contributed by atoms with Gasteiger partial charge in [-0.1, -0.05) is 0 Å². The zero-order valence-electron chi connectivity index (χ0n) is 10.6. The largest absolute Gasteiger partial charge is 0.351 e. The number of carbonyl (C=O) groups is 1. The fourth-order valence-electron chi connectivity index (χ4n) is 3.76. The summed E-state index contributed by atoms with van der Waals surface area (Å²) in [6.45, 7) is 5.51. The normalized spacial score (nSPS) is 41.7. The molecule has 2 N–H and O–H groups in total. The van der Waals surface area contributed by atoms with Gasteiger partial charge in [-0.2, -0.15) is 0 Å². The minimum atomic E-state index is 0.186. The van der Waals surface area contributed by atoms with Gasteiger partial charge in [-0.05, 0) is 45.7 Å². The van der Waals surface area contributed by atoms with E-state index in [1.54, 1.807) is 0 Å². The molecule has 3 fully saturated rings. The second-order valence-electron chi connectivity index (χ2n) is 5.79. The van der Waals surface area contributed by atoms with Gasteiger partial charge in [0.15, 0.2) is 0 Å². The predicted molar refractivity (Wildman–Crippen MR) is 66.7 cm³/mol. The molecule has 4 unspecified atom stereocenters. The molecule has 3 rings (SSSR count). The summed E-state index contributed by atoms with van der Waals surface area (Å²) in [5, 5.41) is 6.65. The van der Waals surface area contributed by atoms with E-state index in [4.69, 9.17) is 0 Å². The first-order valence-electron chi connectivity index (χ1n) is 7.03. The van der Waals surface area contributed by atoms with Crippen LogP contribution in [-0.2, 0) is 4.79 Å². The molecule has 4 atom stereocenters. The zero-order valence-corrected chi connectivity index (χ0v) is 10.6. The van der Waals surface area contributed by atoms with Crippen molar-refractivity contribution in [3.63, 3.8) is 0 Å². The lowest BCUT2D eigenvalue weighted by Crippen LogP contribution is -2.46. The average molecular weight is 237 g/mol. The molecule has 0 aromatic rings. The second kappa shape index (κ2) is 4.58. The third-order valence-electron chi connectivity index (χ3n) is 4.80. The molecule has 96 valence electrons. The van der Waals surface area contributed by atoms with E-state index < -0.39 is 0 Å². The molecule has 0 aromatic heterocycles. The van der Waals surface area contributed by atoms with Crippen LogP contribution in [0, 0.1) is 5.92 Å². The van der Waals surface area contributed by atoms with Gasteiger partial charge in [0.25, 0.3) is 0 Å². The Balaban J connectivity index is 1.58. The standard InChI is InChI=1S/C13H23N3O/c1-9-10(4-6-14-9)13(17)15-11-5-8-16-7-2-3-12(11)16/h9-12,14H,2-8H2,1H3,(H,15,17). The Labute approximate surface area is 103 Å². The highest BCUT2D eigenvalue weighted by atomic mass is 16.2. The predicted octanol–water partition coefficient (Wildman–Crippen LogP) is 0.337.